The number of ether oxygens (including phenoxy) is 1. The van der Waals surface area contributed by atoms with Crippen molar-refractivity contribution in [1.29, 1.82) is 0 Å². The Morgan fingerprint density at radius 1 is 1.28 bits per heavy atom. The van der Waals surface area contributed by atoms with Gasteiger partial charge in [0, 0.05) is 37.0 Å². The number of halogens is 3. The molecular weight excluding hydrogens is 469 g/mol. The molecular formula is C26H31F3N6O. The summed E-state index contributed by atoms with van der Waals surface area (Å²) in [6, 6.07) is 3.81. The van der Waals surface area contributed by atoms with Gasteiger partial charge in [-0.2, -0.15) is 13.2 Å². The fourth-order valence-corrected chi connectivity index (χ4v) is 6.26. The Bertz CT molecular complexity index is 1240. The van der Waals surface area contributed by atoms with Gasteiger partial charge in [0.15, 0.2) is 17.4 Å². The summed E-state index contributed by atoms with van der Waals surface area (Å²) in [5.74, 6) is 2.68. The average Bonchev–Trinajstić information content (AvgIpc) is 3.16. The molecule has 2 aromatic heterocycles. The second kappa shape index (κ2) is 8.45. The number of aliphatic imine (C=N–C) groups is 2. The van der Waals surface area contributed by atoms with Crippen LogP contribution in [0, 0.1) is 5.41 Å². The summed E-state index contributed by atoms with van der Waals surface area (Å²) in [6.07, 6.45) is 0.891. The molecule has 3 saturated carbocycles. The van der Waals surface area contributed by atoms with Crippen molar-refractivity contribution in [3.8, 4) is 0 Å². The minimum atomic E-state index is -4.43. The Balaban J connectivity index is 1.36. The van der Waals surface area contributed by atoms with Gasteiger partial charge in [0.2, 0.25) is 0 Å². The van der Waals surface area contributed by atoms with Crippen LogP contribution >= 0.6 is 0 Å². The summed E-state index contributed by atoms with van der Waals surface area (Å²) in [5, 5.41) is 0. The maximum absolute atomic E-state index is 13.2. The maximum Gasteiger partial charge on any atom is 0.434 e. The lowest BCUT2D eigenvalue weighted by atomic mass is 9.34. The van der Waals surface area contributed by atoms with Gasteiger partial charge in [-0.1, -0.05) is 13.8 Å². The first-order valence-electron chi connectivity index (χ1n) is 12.2. The summed E-state index contributed by atoms with van der Waals surface area (Å²) in [6.45, 7) is 11.8. The van der Waals surface area contributed by atoms with Crippen molar-refractivity contribution in [1.82, 2.24) is 19.4 Å². The van der Waals surface area contributed by atoms with Gasteiger partial charge in [0.1, 0.15) is 18.2 Å². The van der Waals surface area contributed by atoms with E-state index in [9.17, 15) is 13.2 Å². The van der Waals surface area contributed by atoms with E-state index in [0.717, 1.165) is 54.8 Å². The van der Waals surface area contributed by atoms with Gasteiger partial charge in [-0.05, 0) is 56.4 Å². The Morgan fingerprint density at radius 2 is 2.00 bits per heavy atom. The number of pyridine rings is 1. The third-order valence-corrected chi connectivity index (χ3v) is 7.59. The topological polar surface area (TPSA) is 67.9 Å². The lowest BCUT2D eigenvalue weighted by Crippen LogP contribution is -2.68. The number of aryl methyl sites for hydroxylation is 1. The number of rotatable bonds is 6. The second-order valence-electron chi connectivity index (χ2n) is 10.7. The van der Waals surface area contributed by atoms with Gasteiger partial charge in [0.05, 0.1) is 12.2 Å². The van der Waals surface area contributed by atoms with Crippen LogP contribution in [0.2, 0.25) is 0 Å². The molecule has 192 valence electrons. The molecule has 10 heteroatoms. The standard InChI is InChI=1S/C26H31F3N6O/c1-16(2)20-18(7-6-8-31-20)21(30-4)33-22-17(3)36-10-9-35(22)15-24-12-25(13-24,14-24)23-32-19(11-34(23)5)26(27,28)29/h6-8,11,16H,4,9-10,12-15H2,1-3,5H3/b33-21-. The molecule has 7 nitrogen and oxygen atoms in total. The van der Waals surface area contributed by atoms with Crippen LogP contribution in [0.3, 0.4) is 0 Å². The normalized spacial score (nSPS) is 26.0. The Kier molecular flexibility index (Phi) is 5.76. The van der Waals surface area contributed by atoms with E-state index >= 15 is 0 Å². The lowest BCUT2D eigenvalue weighted by molar-refractivity contribution is -0.161. The highest BCUT2D eigenvalue weighted by Gasteiger charge is 2.70. The van der Waals surface area contributed by atoms with E-state index in [4.69, 9.17) is 9.73 Å². The van der Waals surface area contributed by atoms with Crippen LogP contribution in [0.15, 0.2) is 46.1 Å². The smallest absolute Gasteiger partial charge is 0.434 e. The molecule has 0 amide bonds. The molecule has 36 heavy (non-hydrogen) atoms. The molecule has 0 saturated heterocycles. The summed E-state index contributed by atoms with van der Waals surface area (Å²) in [5.41, 5.74) is 0.709. The summed E-state index contributed by atoms with van der Waals surface area (Å²) in [7, 11) is 1.65. The van der Waals surface area contributed by atoms with Crippen molar-refractivity contribution >= 4 is 12.6 Å². The van der Waals surface area contributed by atoms with Gasteiger partial charge in [-0.15, -0.1) is 0 Å². The summed E-state index contributed by atoms with van der Waals surface area (Å²) >= 11 is 0. The van der Waals surface area contributed by atoms with Crippen LogP contribution in [-0.2, 0) is 23.4 Å². The van der Waals surface area contributed by atoms with Crippen LogP contribution in [0.25, 0.3) is 0 Å². The molecule has 0 radical (unpaired) electrons. The Hall–Kier alpha value is -3.17. The number of hydrogen-bond donors (Lipinski definition) is 0. The first-order valence-corrected chi connectivity index (χ1v) is 12.2. The maximum atomic E-state index is 13.2. The van der Waals surface area contributed by atoms with Crippen molar-refractivity contribution in [2.45, 2.75) is 57.5 Å². The predicted molar refractivity (Wildman–Crippen MR) is 131 cm³/mol. The monoisotopic (exact) mass is 500 g/mol. The number of imidazole rings is 1. The van der Waals surface area contributed by atoms with Crippen molar-refractivity contribution in [2.75, 3.05) is 19.7 Å². The summed E-state index contributed by atoms with van der Waals surface area (Å²) in [4.78, 5) is 19.8. The van der Waals surface area contributed by atoms with Gasteiger partial charge in [-0.25, -0.2) is 15.0 Å². The molecule has 3 aliphatic carbocycles. The minimum Gasteiger partial charge on any atom is -0.493 e. The van der Waals surface area contributed by atoms with E-state index in [2.05, 4.69) is 40.4 Å². The van der Waals surface area contributed by atoms with Crippen LogP contribution < -0.4 is 0 Å². The molecule has 2 aromatic rings. The van der Waals surface area contributed by atoms with Crippen LogP contribution in [-0.4, -0.2) is 51.7 Å². The highest BCUT2D eigenvalue weighted by Crippen LogP contribution is 2.73. The number of aromatic nitrogens is 3. The lowest BCUT2D eigenvalue weighted by Gasteiger charge is -2.71. The molecule has 0 N–H and O–H groups in total. The third-order valence-electron chi connectivity index (χ3n) is 7.59. The zero-order valence-electron chi connectivity index (χ0n) is 21.1. The molecule has 6 rings (SSSR count). The van der Waals surface area contributed by atoms with Crippen LogP contribution in [0.1, 0.15) is 68.7 Å². The number of allylic oxidation sites excluding steroid dienone is 1. The molecule has 2 bridgehead atoms. The number of amidine groups is 1. The van der Waals surface area contributed by atoms with E-state index in [0.29, 0.717) is 24.8 Å². The molecule has 0 aromatic carbocycles. The van der Waals surface area contributed by atoms with Gasteiger partial charge >= 0.3 is 6.18 Å². The van der Waals surface area contributed by atoms with E-state index in [-0.39, 0.29) is 16.7 Å². The second-order valence-corrected chi connectivity index (χ2v) is 10.7. The number of nitrogens with zero attached hydrogens (tertiary/aromatic N) is 6. The van der Waals surface area contributed by atoms with Crippen molar-refractivity contribution < 1.29 is 17.9 Å². The molecule has 0 spiro atoms. The highest BCUT2D eigenvalue weighted by molar-refractivity contribution is 6.02. The van der Waals surface area contributed by atoms with E-state index in [1.54, 1.807) is 17.8 Å². The minimum absolute atomic E-state index is 0.0436. The zero-order chi connectivity index (χ0) is 25.9. The first-order chi connectivity index (χ1) is 17.0. The van der Waals surface area contributed by atoms with E-state index in [1.165, 1.54) is 0 Å². The average molecular weight is 501 g/mol. The quantitative estimate of drug-likeness (QED) is 0.411. The van der Waals surface area contributed by atoms with E-state index in [1.807, 2.05) is 19.1 Å². The summed E-state index contributed by atoms with van der Waals surface area (Å²) < 4.78 is 46.9. The SMILES string of the molecule is C=N/C(=N\C1=C(C)OCCN1CC12CC(c3nc(C(F)(F)F)cn3C)(C1)C2)c1cccnc1C(C)C. The molecule has 1 aliphatic heterocycles. The first kappa shape index (κ1) is 24.5. The van der Waals surface area contributed by atoms with Crippen LogP contribution in [0.5, 0.6) is 0 Å². The molecule has 0 atom stereocenters. The largest absolute Gasteiger partial charge is 0.493 e. The molecule has 3 fully saturated rings. The number of hydrogen-bond acceptors (Lipinski definition) is 5. The van der Waals surface area contributed by atoms with Gasteiger partial charge in [-0.3, -0.25) is 4.98 Å². The Morgan fingerprint density at radius 3 is 2.61 bits per heavy atom. The van der Waals surface area contributed by atoms with Crippen molar-refractivity contribution in [2.24, 2.45) is 22.4 Å². The fourth-order valence-electron chi connectivity index (χ4n) is 6.26. The van der Waals surface area contributed by atoms with E-state index < -0.39 is 11.9 Å². The van der Waals surface area contributed by atoms with Crippen molar-refractivity contribution in [3.05, 3.63) is 58.9 Å². The highest BCUT2D eigenvalue weighted by atomic mass is 19.4. The fraction of sp³-hybridized carbons (Fsp3) is 0.538. The van der Waals surface area contributed by atoms with Crippen LogP contribution in [0.4, 0.5) is 13.2 Å². The zero-order valence-corrected chi connectivity index (χ0v) is 21.1. The van der Waals surface area contributed by atoms with Gasteiger partial charge in [0.25, 0.3) is 0 Å². The molecule has 4 aliphatic rings. The van der Waals surface area contributed by atoms with Crippen molar-refractivity contribution in [3.63, 3.8) is 0 Å². The molecule has 3 heterocycles. The number of alkyl halides is 3. The Labute approximate surface area is 208 Å². The predicted octanol–water partition coefficient (Wildman–Crippen LogP) is 5.05. The molecule has 0 unspecified atom stereocenters. The van der Waals surface area contributed by atoms with Gasteiger partial charge < -0.3 is 14.2 Å². The third kappa shape index (κ3) is 4.00.